The maximum Gasteiger partial charge on any atom is 0.310 e. The molecular weight excluding hydrogens is 218 g/mol. The van der Waals surface area contributed by atoms with E-state index in [0.717, 1.165) is 5.56 Å². The van der Waals surface area contributed by atoms with Crippen LogP contribution in [0.2, 0.25) is 0 Å². The molecule has 1 aromatic carbocycles. The zero-order valence-corrected chi connectivity index (χ0v) is 9.75. The molecule has 0 atom stereocenters. The first-order valence-electron chi connectivity index (χ1n) is 5.28. The van der Waals surface area contributed by atoms with Crippen molar-refractivity contribution in [2.75, 3.05) is 0 Å². The molecule has 0 unspecified atom stereocenters. The smallest absolute Gasteiger partial charge is 0.265 e. The average Bonchev–Trinajstić information content (AvgIpc) is 2.64. The fourth-order valence-electron chi connectivity index (χ4n) is 1.71. The first-order valence-corrected chi connectivity index (χ1v) is 5.28. The van der Waals surface area contributed by atoms with Crippen molar-refractivity contribution in [1.29, 1.82) is 0 Å². The monoisotopic (exact) mass is 231 g/mol. The summed E-state index contributed by atoms with van der Waals surface area (Å²) in [5.41, 5.74) is 2.92. The van der Waals surface area contributed by atoms with E-state index in [-0.39, 0.29) is 5.69 Å². The number of nitro groups is 1. The Balaban J connectivity index is 2.32. The van der Waals surface area contributed by atoms with E-state index in [2.05, 4.69) is 5.10 Å². The van der Waals surface area contributed by atoms with Crippen molar-refractivity contribution in [3.63, 3.8) is 0 Å². The Kier molecular flexibility index (Phi) is 2.91. The molecule has 0 saturated carbocycles. The normalized spacial score (nSPS) is 10.5. The Morgan fingerprint density at radius 3 is 2.59 bits per heavy atom. The maximum atomic E-state index is 10.8. The third kappa shape index (κ3) is 2.33. The molecule has 1 heterocycles. The van der Waals surface area contributed by atoms with Gasteiger partial charge in [0, 0.05) is 13.5 Å². The summed E-state index contributed by atoms with van der Waals surface area (Å²) in [6, 6.07) is 7.95. The van der Waals surface area contributed by atoms with Crippen molar-refractivity contribution in [3.8, 4) is 0 Å². The first kappa shape index (κ1) is 11.3. The molecule has 2 rings (SSSR count). The summed E-state index contributed by atoms with van der Waals surface area (Å²) in [6.45, 7) is 2.01. The van der Waals surface area contributed by atoms with E-state index in [9.17, 15) is 10.1 Å². The van der Waals surface area contributed by atoms with Gasteiger partial charge in [0.05, 0.1) is 4.92 Å². The van der Waals surface area contributed by atoms with Crippen LogP contribution in [0.15, 0.2) is 30.5 Å². The molecule has 2 aromatic rings. The van der Waals surface area contributed by atoms with Crippen molar-refractivity contribution in [2.24, 2.45) is 7.05 Å². The Labute approximate surface area is 98.8 Å². The zero-order valence-electron chi connectivity index (χ0n) is 9.75. The lowest BCUT2D eigenvalue weighted by atomic mass is 10.1. The molecule has 1 aromatic heterocycles. The van der Waals surface area contributed by atoms with E-state index in [1.54, 1.807) is 11.7 Å². The van der Waals surface area contributed by atoms with Crippen LogP contribution in [-0.2, 0) is 13.5 Å². The maximum absolute atomic E-state index is 10.8. The lowest BCUT2D eigenvalue weighted by Gasteiger charge is -2.02. The molecule has 0 N–H and O–H groups in total. The van der Waals surface area contributed by atoms with Crippen LogP contribution in [0, 0.1) is 17.0 Å². The Hall–Kier alpha value is -2.17. The summed E-state index contributed by atoms with van der Waals surface area (Å²) in [5.74, 6) is 0. The van der Waals surface area contributed by atoms with E-state index in [0.29, 0.717) is 12.1 Å². The molecule has 0 spiro atoms. The summed E-state index contributed by atoms with van der Waals surface area (Å²) < 4.78 is 1.55. The van der Waals surface area contributed by atoms with Gasteiger partial charge < -0.3 is 0 Å². The van der Waals surface area contributed by atoms with Crippen LogP contribution >= 0.6 is 0 Å². The SMILES string of the molecule is Cc1ccc(Cc2c([N+](=O)[O-])cnn2C)cc1. The highest BCUT2D eigenvalue weighted by molar-refractivity contribution is 5.37. The topological polar surface area (TPSA) is 61.0 Å². The first-order chi connectivity index (χ1) is 8.08. The second kappa shape index (κ2) is 4.37. The van der Waals surface area contributed by atoms with Crippen LogP contribution in [0.3, 0.4) is 0 Å². The van der Waals surface area contributed by atoms with Gasteiger partial charge in [-0.05, 0) is 12.5 Å². The van der Waals surface area contributed by atoms with Crippen LogP contribution in [0.5, 0.6) is 0 Å². The highest BCUT2D eigenvalue weighted by atomic mass is 16.6. The van der Waals surface area contributed by atoms with Crippen molar-refractivity contribution >= 4 is 5.69 Å². The van der Waals surface area contributed by atoms with Gasteiger partial charge in [0.2, 0.25) is 0 Å². The predicted octanol–water partition coefficient (Wildman–Crippen LogP) is 2.23. The van der Waals surface area contributed by atoms with Gasteiger partial charge >= 0.3 is 5.69 Å². The summed E-state index contributed by atoms with van der Waals surface area (Å²) in [7, 11) is 1.72. The van der Waals surface area contributed by atoms with Gasteiger partial charge in [-0.1, -0.05) is 29.8 Å². The van der Waals surface area contributed by atoms with Crippen LogP contribution in [0.25, 0.3) is 0 Å². The molecule has 0 aliphatic rings. The third-order valence-corrected chi connectivity index (χ3v) is 2.73. The van der Waals surface area contributed by atoms with Crippen molar-refractivity contribution < 1.29 is 4.92 Å². The largest absolute Gasteiger partial charge is 0.310 e. The minimum absolute atomic E-state index is 0.0769. The molecule has 0 saturated heterocycles. The van der Waals surface area contributed by atoms with Crippen LogP contribution in [-0.4, -0.2) is 14.7 Å². The zero-order chi connectivity index (χ0) is 12.4. The summed E-state index contributed by atoms with van der Waals surface area (Å²) >= 11 is 0. The second-order valence-corrected chi connectivity index (χ2v) is 4.02. The summed E-state index contributed by atoms with van der Waals surface area (Å²) in [6.07, 6.45) is 1.82. The van der Waals surface area contributed by atoms with Gasteiger partial charge in [0.1, 0.15) is 11.9 Å². The summed E-state index contributed by atoms with van der Waals surface area (Å²) in [4.78, 5) is 10.4. The molecule has 88 valence electrons. The highest BCUT2D eigenvalue weighted by Gasteiger charge is 2.18. The van der Waals surface area contributed by atoms with Crippen molar-refractivity contribution in [3.05, 3.63) is 57.4 Å². The molecule has 17 heavy (non-hydrogen) atoms. The molecule has 0 fully saturated rings. The van der Waals surface area contributed by atoms with Gasteiger partial charge in [0.25, 0.3) is 0 Å². The third-order valence-electron chi connectivity index (χ3n) is 2.73. The minimum atomic E-state index is -0.392. The molecule has 0 aliphatic carbocycles. The van der Waals surface area contributed by atoms with E-state index in [1.807, 2.05) is 31.2 Å². The molecule has 5 heteroatoms. The number of benzene rings is 1. The number of rotatable bonds is 3. The Morgan fingerprint density at radius 1 is 1.35 bits per heavy atom. The van der Waals surface area contributed by atoms with Crippen molar-refractivity contribution in [2.45, 2.75) is 13.3 Å². The molecule has 0 radical (unpaired) electrons. The molecule has 0 bridgehead atoms. The van der Waals surface area contributed by atoms with Crippen LogP contribution in [0.1, 0.15) is 16.8 Å². The fourth-order valence-corrected chi connectivity index (χ4v) is 1.71. The average molecular weight is 231 g/mol. The lowest BCUT2D eigenvalue weighted by molar-refractivity contribution is -0.385. The van der Waals surface area contributed by atoms with Gasteiger partial charge in [-0.2, -0.15) is 5.10 Å². The number of hydrogen-bond donors (Lipinski definition) is 0. The number of hydrogen-bond acceptors (Lipinski definition) is 3. The van der Waals surface area contributed by atoms with E-state index in [4.69, 9.17) is 0 Å². The fraction of sp³-hybridized carbons (Fsp3) is 0.250. The lowest BCUT2D eigenvalue weighted by Crippen LogP contribution is -2.02. The van der Waals surface area contributed by atoms with E-state index >= 15 is 0 Å². The van der Waals surface area contributed by atoms with Gasteiger partial charge in [-0.25, -0.2) is 0 Å². The second-order valence-electron chi connectivity index (χ2n) is 4.02. The molecule has 5 nitrogen and oxygen atoms in total. The Morgan fingerprint density at radius 2 is 2.00 bits per heavy atom. The van der Waals surface area contributed by atoms with E-state index < -0.39 is 4.92 Å². The standard InChI is InChI=1S/C12H13N3O2/c1-9-3-5-10(6-4-9)7-11-12(15(16)17)8-13-14(11)2/h3-6,8H,7H2,1-2H3. The number of aromatic nitrogens is 2. The quantitative estimate of drug-likeness (QED) is 0.601. The predicted molar refractivity (Wildman–Crippen MR) is 63.8 cm³/mol. The van der Waals surface area contributed by atoms with Gasteiger partial charge in [-0.3, -0.25) is 14.8 Å². The molecule has 0 amide bonds. The summed E-state index contributed by atoms with van der Waals surface area (Å²) in [5, 5.41) is 14.8. The Bertz CT molecular complexity index is 543. The number of nitrogens with zero attached hydrogens (tertiary/aromatic N) is 3. The van der Waals surface area contributed by atoms with Crippen LogP contribution in [0.4, 0.5) is 5.69 Å². The molecule has 0 aliphatic heterocycles. The minimum Gasteiger partial charge on any atom is -0.265 e. The number of aryl methyl sites for hydroxylation is 2. The highest BCUT2D eigenvalue weighted by Crippen LogP contribution is 2.20. The molecular formula is C12H13N3O2. The van der Waals surface area contributed by atoms with Gasteiger partial charge in [-0.15, -0.1) is 0 Å². The van der Waals surface area contributed by atoms with Crippen LogP contribution < -0.4 is 0 Å². The van der Waals surface area contributed by atoms with E-state index in [1.165, 1.54) is 11.8 Å². The van der Waals surface area contributed by atoms with Gasteiger partial charge in [0.15, 0.2) is 0 Å². The van der Waals surface area contributed by atoms with Crippen molar-refractivity contribution in [1.82, 2.24) is 9.78 Å².